The Bertz CT molecular complexity index is 753. The molecule has 0 unspecified atom stereocenters. The zero-order valence-corrected chi connectivity index (χ0v) is 14.8. The van der Waals surface area contributed by atoms with E-state index in [4.69, 9.17) is 0 Å². The molecule has 24 heavy (non-hydrogen) atoms. The molecule has 0 aliphatic carbocycles. The van der Waals surface area contributed by atoms with Crippen LogP contribution in [0.4, 0.5) is 5.82 Å². The molecule has 1 fully saturated rings. The Morgan fingerprint density at radius 3 is 2.71 bits per heavy atom. The topological polar surface area (TPSA) is 75.9 Å². The number of aromatic nitrogens is 4. The molecule has 1 aliphatic rings. The van der Waals surface area contributed by atoms with Crippen molar-refractivity contribution in [3.8, 4) is 0 Å². The predicted octanol–water partition coefficient (Wildman–Crippen LogP) is 2.03. The Labute approximate surface area is 142 Å². The Balaban J connectivity index is 1.89. The summed E-state index contributed by atoms with van der Waals surface area (Å²) in [5.74, 6) is 1.94. The average Bonchev–Trinajstić information content (AvgIpc) is 3.00. The molecule has 0 saturated carbocycles. The van der Waals surface area contributed by atoms with Gasteiger partial charge in [0.15, 0.2) is 0 Å². The highest BCUT2D eigenvalue weighted by Crippen LogP contribution is 2.35. The zero-order valence-electron chi connectivity index (χ0n) is 14.8. The van der Waals surface area contributed by atoms with E-state index in [1.807, 2.05) is 38.0 Å². The number of rotatable bonds is 4. The largest absolute Gasteiger partial charge is 0.364 e. The SMILES string of the molecule is Cc1c([C@H]2[C@H](Nc3ccnc(C(C)C)n3)CC(=O)N2C)cnn1C. The van der Waals surface area contributed by atoms with Crippen LogP contribution >= 0.6 is 0 Å². The number of hydrogen-bond donors (Lipinski definition) is 1. The first-order chi connectivity index (χ1) is 11.4. The molecule has 2 aromatic rings. The van der Waals surface area contributed by atoms with Gasteiger partial charge in [0.05, 0.1) is 18.3 Å². The number of amides is 1. The van der Waals surface area contributed by atoms with E-state index < -0.39 is 0 Å². The van der Waals surface area contributed by atoms with Crippen molar-refractivity contribution in [3.63, 3.8) is 0 Å². The number of likely N-dealkylation sites (tertiary alicyclic amines) is 1. The van der Waals surface area contributed by atoms with E-state index in [2.05, 4.69) is 34.2 Å². The normalized spacial score (nSPS) is 20.9. The quantitative estimate of drug-likeness (QED) is 0.929. The van der Waals surface area contributed by atoms with Gasteiger partial charge in [0.25, 0.3) is 0 Å². The number of aryl methyl sites for hydroxylation is 1. The lowest BCUT2D eigenvalue weighted by molar-refractivity contribution is -0.127. The van der Waals surface area contributed by atoms with Crippen LogP contribution in [0.25, 0.3) is 0 Å². The van der Waals surface area contributed by atoms with Crippen LogP contribution in [-0.2, 0) is 11.8 Å². The van der Waals surface area contributed by atoms with Crippen molar-refractivity contribution < 1.29 is 4.79 Å². The van der Waals surface area contributed by atoms with Crippen molar-refractivity contribution in [1.29, 1.82) is 0 Å². The van der Waals surface area contributed by atoms with E-state index in [1.54, 1.807) is 11.1 Å². The fraction of sp³-hybridized carbons (Fsp3) is 0.529. The number of nitrogens with one attached hydrogen (secondary N) is 1. The molecular weight excluding hydrogens is 304 g/mol. The maximum atomic E-state index is 12.3. The fourth-order valence-corrected chi connectivity index (χ4v) is 3.15. The van der Waals surface area contributed by atoms with Crippen LogP contribution in [0.5, 0.6) is 0 Å². The van der Waals surface area contributed by atoms with E-state index in [0.29, 0.717) is 6.42 Å². The molecule has 1 N–H and O–H groups in total. The van der Waals surface area contributed by atoms with Crippen LogP contribution in [-0.4, -0.2) is 43.6 Å². The van der Waals surface area contributed by atoms with Gasteiger partial charge in [-0.25, -0.2) is 9.97 Å². The molecule has 2 aromatic heterocycles. The zero-order chi connectivity index (χ0) is 17.4. The highest BCUT2D eigenvalue weighted by atomic mass is 16.2. The number of carbonyl (C=O) groups excluding carboxylic acids is 1. The summed E-state index contributed by atoms with van der Waals surface area (Å²) >= 11 is 0. The van der Waals surface area contributed by atoms with Crippen molar-refractivity contribution >= 4 is 11.7 Å². The summed E-state index contributed by atoms with van der Waals surface area (Å²) in [5.41, 5.74) is 2.14. The summed E-state index contributed by atoms with van der Waals surface area (Å²) in [6.45, 7) is 6.15. The minimum Gasteiger partial charge on any atom is -0.364 e. The van der Waals surface area contributed by atoms with E-state index >= 15 is 0 Å². The second-order valence-corrected chi connectivity index (χ2v) is 6.67. The van der Waals surface area contributed by atoms with Gasteiger partial charge in [-0.3, -0.25) is 9.48 Å². The van der Waals surface area contributed by atoms with Crippen LogP contribution in [0.2, 0.25) is 0 Å². The smallest absolute Gasteiger partial charge is 0.225 e. The van der Waals surface area contributed by atoms with Crippen molar-refractivity contribution in [2.24, 2.45) is 7.05 Å². The van der Waals surface area contributed by atoms with Gasteiger partial charge in [0.1, 0.15) is 11.6 Å². The van der Waals surface area contributed by atoms with E-state index in [0.717, 1.165) is 22.9 Å². The first-order valence-corrected chi connectivity index (χ1v) is 8.22. The molecular formula is C17H24N6O. The molecule has 0 aromatic carbocycles. The van der Waals surface area contributed by atoms with Crippen LogP contribution in [0.3, 0.4) is 0 Å². The summed E-state index contributed by atoms with van der Waals surface area (Å²) in [6, 6.07) is 1.76. The maximum Gasteiger partial charge on any atom is 0.225 e. The number of hydrogen-bond acceptors (Lipinski definition) is 5. The molecule has 3 heterocycles. The molecule has 0 spiro atoms. The second-order valence-electron chi connectivity index (χ2n) is 6.67. The fourth-order valence-electron chi connectivity index (χ4n) is 3.15. The highest BCUT2D eigenvalue weighted by Gasteiger charge is 2.40. The second kappa shape index (κ2) is 6.22. The standard InChI is InChI=1S/C17H24N6O/c1-10(2)17-18-7-6-14(21-17)20-13-8-15(24)22(4)16(13)12-9-19-23(5)11(12)3/h6-7,9-10,13,16H,8H2,1-5H3,(H,18,20,21)/t13-,16+/m1/s1. The van der Waals surface area contributed by atoms with Crippen molar-refractivity contribution in [3.05, 3.63) is 35.5 Å². The molecule has 2 atom stereocenters. The van der Waals surface area contributed by atoms with E-state index in [-0.39, 0.29) is 23.9 Å². The Hall–Kier alpha value is -2.44. The third kappa shape index (κ3) is 2.86. The average molecular weight is 328 g/mol. The molecule has 128 valence electrons. The van der Waals surface area contributed by atoms with Gasteiger partial charge in [0.2, 0.25) is 5.91 Å². The number of nitrogens with zero attached hydrogens (tertiary/aromatic N) is 5. The Morgan fingerprint density at radius 1 is 1.33 bits per heavy atom. The molecule has 1 aliphatic heterocycles. The molecule has 7 nitrogen and oxygen atoms in total. The molecule has 3 rings (SSSR count). The molecule has 0 radical (unpaired) electrons. The summed E-state index contributed by atoms with van der Waals surface area (Å²) < 4.78 is 1.84. The van der Waals surface area contributed by atoms with E-state index in [1.165, 1.54) is 0 Å². The maximum absolute atomic E-state index is 12.3. The molecule has 1 saturated heterocycles. The molecule has 7 heteroatoms. The summed E-state index contributed by atoms with van der Waals surface area (Å²) in [6.07, 6.45) is 4.05. The van der Waals surface area contributed by atoms with Crippen LogP contribution in [0.1, 0.15) is 49.3 Å². The predicted molar refractivity (Wildman–Crippen MR) is 91.6 cm³/mol. The lowest BCUT2D eigenvalue weighted by Crippen LogP contribution is -2.30. The lowest BCUT2D eigenvalue weighted by atomic mass is 10.0. The Kier molecular flexibility index (Phi) is 4.26. The number of likely N-dealkylation sites (N-methyl/N-ethyl adjacent to an activating group) is 1. The number of anilines is 1. The van der Waals surface area contributed by atoms with E-state index in [9.17, 15) is 4.79 Å². The van der Waals surface area contributed by atoms with Crippen molar-refractivity contribution in [2.45, 2.75) is 45.2 Å². The molecule has 0 bridgehead atoms. The first kappa shape index (κ1) is 16.4. The third-order valence-corrected chi connectivity index (χ3v) is 4.70. The van der Waals surface area contributed by atoms with Gasteiger partial charge in [-0.2, -0.15) is 5.10 Å². The lowest BCUT2D eigenvalue weighted by Gasteiger charge is -2.26. The van der Waals surface area contributed by atoms with Gasteiger partial charge in [0, 0.05) is 43.9 Å². The van der Waals surface area contributed by atoms with Crippen LogP contribution < -0.4 is 5.32 Å². The van der Waals surface area contributed by atoms with Gasteiger partial charge >= 0.3 is 0 Å². The highest BCUT2D eigenvalue weighted by molar-refractivity contribution is 5.81. The van der Waals surface area contributed by atoms with Crippen LogP contribution in [0.15, 0.2) is 18.5 Å². The third-order valence-electron chi connectivity index (χ3n) is 4.70. The number of carbonyl (C=O) groups is 1. The minimum atomic E-state index is -0.0522. The van der Waals surface area contributed by atoms with Crippen molar-refractivity contribution in [1.82, 2.24) is 24.6 Å². The van der Waals surface area contributed by atoms with Gasteiger partial charge in [-0.05, 0) is 13.0 Å². The van der Waals surface area contributed by atoms with Gasteiger partial charge in [-0.15, -0.1) is 0 Å². The first-order valence-electron chi connectivity index (χ1n) is 8.22. The minimum absolute atomic E-state index is 0.0414. The van der Waals surface area contributed by atoms with Crippen LogP contribution in [0, 0.1) is 6.92 Å². The summed E-state index contributed by atoms with van der Waals surface area (Å²) in [7, 11) is 3.76. The summed E-state index contributed by atoms with van der Waals surface area (Å²) in [4.78, 5) is 22.9. The monoisotopic (exact) mass is 328 g/mol. The van der Waals surface area contributed by atoms with Gasteiger partial charge < -0.3 is 10.2 Å². The molecule has 1 amide bonds. The summed E-state index contributed by atoms with van der Waals surface area (Å²) in [5, 5.41) is 7.76. The van der Waals surface area contributed by atoms with Crippen molar-refractivity contribution in [2.75, 3.05) is 12.4 Å². The Morgan fingerprint density at radius 2 is 2.08 bits per heavy atom. The van der Waals surface area contributed by atoms with Gasteiger partial charge in [-0.1, -0.05) is 13.8 Å².